The van der Waals surface area contributed by atoms with Crippen LogP contribution < -0.4 is 10.5 Å². The summed E-state index contributed by atoms with van der Waals surface area (Å²) in [6, 6.07) is 3.78. The van der Waals surface area contributed by atoms with Crippen LogP contribution in [0, 0.1) is 6.92 Å². The predicted octanol–water partition coefficient (Wildman–Crippen LogP) is 4.01. The molecule has 0 bridgehead atoms. The lowest BCUT2D eigenvalue weighted by Crippen LogP contribution is -2.46. The number of unbranched alkanes of at least 4 members (excludes halogenated alkanes) is 2. The number of pyridine rings is 1. The van der Waals surface area contributed by atoms with Crippen molar-refractivity contribution in [3.05, 3.63) is 44.7 Å². The standard InChI is InChI=1S/C24H30N4O3S2/c1-5-6-7-10-28-23(30)19(33-24(28)32)12-18-21(26-13-16(3)31-17(4)14-26)25-20-15(2)9-8-11-27(20)22(18)29/h8-9,11-12,16-17H,5-7,10,13-14H2,1-4H3. The van der Waals surface area contributed by atoms with Crippen LogP contribution in [0.2, 0.25) is 0 Å². The number of hydrogen-bond acceptors (Lipinski definition) is 7. The minimum Gasteiger partial charge on any atom is -0.372 e. The third kappa shape index (κ3) is 4.85. The number of morpholine rings is 1. The molecular weight excluding hydrogens is 456 g/mol. The summed E-state index contributed by atoms with van der Waals surface area (Å²) < 4.78 is 7.99. The number of rotatable bonds is 6. The van der Waals surface area contributed by atoms with E-state index in [1.165, 1.54) is 11.8 Å². The van der Waals surface area contributed by atoms with Crippen LogP contribution >= 0.6 is 24.0 Å². The molecule has 2 aliphatic rings. The Bertz CT molecular complexity index is 1170. The molecule has 176 valence electrons. The maximum Gasteiger partial charge on any atom is 0.267 e. The molecular formula is C24H30N4O3S2. The Hall–Kier alpha value is -2.23. The zero-order chi connectivity index (χ0) is 23.7. The molecule has 4 heterocycles. The quantitative estimate of drug-likeness (QED) is 0.347. The number of anilines is 1. The number of amides is 1. The first kappa shape index (κ1) is 23.9. The number of fused-ring (bicyclic) bond motifs is 1. The molecule has 2 saturated heterocycles. The number of nitrogens with zero attached hydrogens (tertiary/aromatic N) is 4. The number of aryl methyl sites for hydroxylation is 1. The van der Waals surface area contributed by atoms with Crippen LogP contribution in [0.1, 0.15) is 51.2 Å². The molecule has 2 unspecified atom stereocenters. The summed E-state index contributed by atoms with van der Waals surface area (Å²) >= 11 is 6.74. The third-order valence-corrected chi connectivity index (χ3v) is 7.30. The van der Waals surface area contributed by atoms with Gasteiger partial charge in [-0.1, -0.05) is 49.8 Å². The van der Waals surface area contributed by atoms with Crippen molar-refractivity contribution in [2.75, 3.05) is 24.5 Å². The van der Waals surface area contributed by atoms with Gasteiger partial charge in [-0.15, -0.1) is 0 Å². The molecule has 2 aromatic heterocycles. The van der Waals surface area contributed by atoms with Crippen molar-refractivity contribution in [2.24, 2.45) is 0 Å². The first-order chi connectivity index (χ1) is 15.8. The Labute approximate surface area is 203 Å². The van der Waals surface area contributed by atoms with Gasteiger partial charge in [0, 0.05) is 25.8 Å². The molecule has 0 N–H and O–H groups in total. The highest BCUT2D eigenvalue weighted by Crippen LogP contribution is 2.34. The van der Waals surface area contributed by atoms with E-state index in [9.17, 15) is 9.59 Å². The van der Waals surface area contributed by atoms with Crippen molar-refractivity contribution in [1.82, 2.24) is 14.3 Å². The Morgan fingerprint density at radius 1 is 1.24 bits per heavy atom. The fraction of sp³-hybridized carbons (Fsp3) is 0.500. The van der Waals surface area contributed by atoms with E-state index in [1.54, 1.807) is 21.6 Å². The van der Waals surface area contributed by atoms with Crippen LogP contribution in [-0.2, 0) is 9.53 Å². The predicted molar refractivity (Wildman–Crippen MR) is 138 cm³/mol. The van der Waals surface area contributed by atoms with Crippen LogP contribution in [-0.4, -0.2) is 56.4 Å². The Balaban J connectivity index is 1.81. The number of aromatic nitrogens is 2. The van der Waals surface area contributed by atoms with Gasteiger partial charge in [0.05, 0.1) is 22.7 Å². The van der Waals surface area contributed by atoms with Crippen LogP contribution in [0.4, 0.5) is 5.82 Å². The summed E-state index contributed by atoms with van der Waals surface area (Å²) in [7, 11) is 0. The minimum absolute atomic E-state index is 0.00972. The second kappa shape index (κ2) is 9.95. The molecule has 2 aliphatic heterocycles. The van der Waals surface area contributed by atoms with Crippen molar-refractivity contribution < 1.29 is 9.53 Å². The topological polar surface area (TPSA) is 67.2 Å². The summed E-state index contributed by atoms with van der Waals surface area (Å²) in [6.07, 6.45) is 6.45. The van der Waals surface area contributed by atoms with E-state index < -0.39 is 0 Å². The zero-order valence-corrected chi connectivity index (χ0v) is 21.2. The minimum atomic E-state index is -0.193. The molecule has 9 heteroatoms. The Morgan fingerprint density at radius 2 is 1.97 bits per heavy atom. The first-order valence-electron chi connectivity index (χ1n) is 11.5. The van der Waals surface area contributed by atoms with Crippen LogP contribution in [0.5, 0.6) is 0 Å². The number of thioether (sulfide) groups is 1. The van der Waals surface area contributed by atoms with Gasteiger partial charge in [0.25, 0.3) is 11.5 Å². The van der Waals surface area contributed by atoms with Crippen molar-refractivity contribution in [3.63, 3.8) is 0 Å². The normalized spacial score (nSPS) is 22.7. The molecule has 1 amide bonds. The summed E-state index contributed by atoms with van der Waals surface area (Å²) in [6.45, 7) is 9.95. The van der Waals surface area contributed by atoms with Crippen LogP contribution in [0.3, 0.4) is 0 Å². The van der Waals surface area contributed by atoms with E-state index in [-0.39, 0.29) is 23.7 Å². The monoisotopic (exact) mass is 486 g/mol. The average molecular weight is 487 g/mol. The number of carbonyl (C=O) groups is 1. The molecule has 0 aliphatic carbocycles. The summed E-state index contributed by atoms with van der Waals surface area (Å²) in [5, 5.41) is 0. The first-order valence-corrected chi connectivity index (χ1v) is 12.7. The second-order valence-corrected chi connectivity index (χ2v) is 10.4. The van der Waals surface area contributed by atoms with E-state index >= 15 is 0 Å². The maximum atomic E-state index is 13.6. The van der Waals surface area contributed by atoms with E-state index in [4.69, 9.17) is 21.9 Å². The largest absolute Gasteiger partial charge is 0.372 e. The number of ether oxygens (including phenoxy) is 1. The van der Waals surface area contributed by atoms with Crippen molar-refractivity contribution in [2.45, 2.75) is 59.2 Å². The van der Waals surface area contributed by atoms with E-state index in [2.05, 4.69) is 11.8 Å². The highest BCUT2D eigenvalue weighted by atomic mass is 32.2. The molecule has 0 spiro atoms. The van der Waals surface area contributed by atoms with Gasteiger partial charge in [-0.05, 0) is 44.9 Å². The second-order valence-electron chi connectivity index (χ2n) is 8.74. The fourth-order valence-electron chi connectivity index (χ4n) is 4.36. The smallest absolute Gasteiger partial charge is 0.267 e. The highest BCUT2D eigenvalue weighted by molar-refractivity contribution is 8.26. The van der Waals surface area contributed by atoms with Gasteiger partial charge < -0.3 is 9.64 Å². The van der Waals surface area contributed by atoms with Gasteiger partial charge in [-0.2, -0.15) is 0 Å². The summed E-state index contributed by atoms with van der Waals surface area (Å²) in [5.74, 6) is 0.456. The molecule has 2 fully saturated rings. The van der Waals surface area contributed by atoms with E-state index in [0.717, 1.165) is 24.8 Å². The van der Waals surface area contributed by atoms with Gasteiger partial charge in [0.2, 0.25) is 0 Å². The lowest BCUT2D eigenvalue weighted by atomic mass is 10.1. The molecule has 2 atom stereocenters. The van der Waals surface area contributed by atoms with Crippen molar-refractivity contribution in [1.29, 1.82) is 0 Å². The Morgan fingerprint density at radius 3 is 2.67 bits per heavy atom. The highest BCUT2D eigenvalue weighted by Gasteiger charge is 2.33. The van der Waals surface area contributed by atoms with Crippen molar-refractivity contribution >= 4 is 51.7 Å². The maximum absolute atomic E-state index is 13.6. The number of carbonyl (C=O) groups excluding carboxylic acids is 1. The van der Waals surface area contributed by atoms with Gasteiger partial charge in [-0.3, -0.25) is 18.9 Å². The lowest BCUT2D eigenvalue weighted by molar-refractivity contribution is -0.122. The third-order valence-electron chi connectivity index (χ3n) is 5.92. The van der Waals surface area contributed by atoms with Gasteiger partial charge in [-0.25, -0.2) is 4.98 Å². The number of hydrogen-bond donors (Lipinski definition) is 0. The van der Waals surface area contributed by atoms with Crippen LogP contribution in [0.25, 0.3) is 11.7 Å². The molecule has 0 aromatic carbocycles. The SMILES string of the molecule is CCCCCN1C(=O)C(=Cc2c(N3CC(C)OC(C)C3)nc3c(C)cccn3c2=O)SC1=S. The molecule has 7 nitrogen and oxygen atoms in total. The van der Waals surface area contributed by atoms with Gasteiger partial charge in [0.15, 0.2) is 0 Å². The fourth-order valence-corrected chi connectivity index (χ4v) is 5.65. The summed E-state index contributed by atoms with van der Waals surface area (Å²) in [5.41, 5.74) is 1.75. The van der Waals surface area contributed by atoms with Crippen LogP contribution in [0.15, 0.2) is 28.0 Å². The van der Waals surface area contributed by atoms with Crippen molar-refractivity contribution in [3.8, 4) is 0 Å². The Kier molecular flexibility index (Phi) is 7.21. The van der Waals surface area contributed by atoms with Gasteiger partial charge >= 0.3 is 0 Å². The zero-order valence-electron chi connectivity index (χ0n) is 19.5. The molecule has 0 saturated carbocycles. The van der Waals surface area contributed by atoms with E-state index in [1.807, 2.05) is 32.9 Å². The average Bonchev–Trinajstić information content (AvgIpc) is 3.03. The van der Waals surface area contributed by atoms with E-state index in [0.29, 0.717) is 45.9 Å². The molecule has 33 heavy (non-hydrogen) atoms. The molecule has 2 aromatic rings. The van der Waals surface area contributed by atoms with Gasteiger partial charge in [0.1, 0.15) is 15.8 Å². The number of thiocarbonyl (C=S) groups is 1. The molecule has 4 rings (SSSR count). The lowest BCUT2D eigenvalue weighted by Gasteiger charge is -2.36. The summed E-state index contributed by atoms with van der Waals surface area (Å²) in [4.78, 5) is 35.9. The molecule has 0 radical (unpaired) electrons.